The zero-order valence-electron chi connectivity index (χ0n) is 13.0. The standard InChI is InChI=1S/C19H16FNO2S/c1-13-12-14(10-11-18(13)20)15-6-2-3-7-16(15)17-8-4-5-9-19(17)24(21,22)23/h2-12H,1H3,(H2,21,22,23). The molecule has 24 heavy (non-hydrogen) atoms. The SMILES string of the molecule is Cc1cc(-c2ccccc2-c2ccccc2S(N)(=O)=O)ccc1F. The lowest BCUT2D eigenvalue weighted by Gasteiger charge is -2.13. The van der Waals surface area contributed by atoms with Gasteiger partial charge in [-0.15, -0.1) is 0 Å². The quantitative estimate of drug-likeness (QED) is 0.779. The average molecular weight is 341 g/mol. The van der Waals surface area contributed by atoms with Crippen molar-refractivity contribution in [3.8, 4) is 22.3 Å². The molecule has 0 aliphatic heterocycles. The maximum absolute atomic E-state index is 13.6. The molecule has 5 heteroatoms. The summed E-state index contributed by atoms with van der Waals surface area (Å²) >= 11 is 0. The van der Waals surface area contributed by atoms with Crippen molar-refractivity contribution in [2.75, 3.05) is 0 Å². The molecule has 3 aromatic rings. The molecule has 122 valence electrons. The third kappa shape index (κ3) is 3.09. The molecular weight excluding hydrogens is 325 g/mol. The Labute approximate surface area is 140 Å². The van der Waals surface area contributed by atoms with Gasteiger partial charge < -0.3 is 0 Å². The van der Waals surface area contributed by atoms with Crippen LogP contribution in [0.1, 0.15) is 5.56 Å². The zero-order valence-corrected chi connectivity index (χ0v) is 13.8. The van der Waals surface area contributed by atoms with Gasteiger partial charge in [-0.25, -0.2) is 17.9 Å². The molecule has 0 radical (unpaired) electrons. The molecule has 0 fully saturated rings. The lowest BCUT2D eigenvalue weighted by molar-refractivity contribution is 0.598. The number of hydrogen-bond acceptors (Lipinski definition) is 2. The van der Waals surface area contributed by atoms with Crippen molar-refractivity contribution in [3.05, 3.63) is 78.1 Å². The average Bonchev–Trinajstić information content (AvgIpc) is 2.57. The van der Waals surface area contributed by atoms with Crippen LogP contribution < -0.4 is 5.14 Å². The maximum Gasteiger partial charge on any atom is 0.238 e. The number of primary sulfonamides is 1. The minimum absolute atomic E-state index is 0.0660. The highest BCUT2D eigenvalue weighted by molar-refractivity contribution is 7.89. The molecule has 3 nitrogen and oxygen atoms in total. The minimum atomic E-state index is -3.86. The van der Waals surface area contributed by atoms with Gasteiger partial charge in [0, 0.05) is 5.56 Å². The number of rotatable bonds is 3. The predicted molar refractivity (Wildman–Crippen MR) is 93.4 cm³/mol. The van der Waals surface area contributed by atoms with E-state index in [-0.39, 0.29) is 10.7 Å². The van der Waals surface area contributed by atoms with Crippen LogP contribution in [-0.4, -0.2) is 8.42 Å². The molecule has 3 rings (SSSR count). The Bertz CT molecular complexity index is 1010. The van der Waals surface area contributed by atoms with E-state index in [2.05, 4.69) is 0 Å². The van der Waals surface area contributed by atoms with Gasteiger partial charge in [0.15, 0.2) is 0 Å². The van der Waals surface area contributed by atoms with Crippen molar-refractivity contribution in [1.82, 2.24) is 0 Å². The summed E-state index contributed by atoms with van der Waals surface area (Å²) in [5.74, 6) is -0.277. The normalized spacial score (nSPS) is 11.5. The van der Waals surface area contributed by atoms with Gasteiger partial charge in [0.2, 0.25) is 10.0 Å². The van der Waals surface area contributed by atoms with Gasteiger partial charge in [0.25, 0.3) is 0 Å². The Balaban J connectivity index is 2.27. The van der Waals surface area contributed by atoms with Gasteiger partial charge in [-0.2, -0.15) is 0 Å². The first-order valence-electron chi connectivity index (χ1n) is 7.35. The number of nitrogens with two attached hydrogens (primary N) is 1. The minimum Gasteiger partial charge on any atom is -0.225 e. The van der Waals surface area contributed by atoms with Crippen molar-refractivity contribution in [3.63, 3.8) is 0 Å². The molecule has 0 heterocycles. The van der Waals surface area contributed by atoms with Crippen LogP contribution in [0, 0.1) is 12.7 Å². The van der Waals surface area contributed by atoms with Crippen molar-refractivity contribution in [2.24, 2.45) is 5.14 Å². The Morgan fingerprint density at radius 1 is 0.833 bits per heavy atom. The van der Waals surface area contributed by atoms with Crippen molar-refractivity contribution >= 4 is 10.0 Å². The molecule has 0 aliphatic rings. The first-order valence-corrected chi connectivity index (χ1v) is 8.90. The molecule has 3 aromatic carbocycles. The van der Waals surface area contributed by atoms with Gasteiger partial charge in [0.05, 0.1) is 4.90 Å². The van der Waals surface area contributed by atoms with Crippen LogP contribution in [0.3, 0.4) is 0 Å². The van der Waals surface area contributed by atoms with Crippen LogP contribution in [0.4, 0.5) is 4.39 Å². The molecule has 0 aromatic heterocycles. The van der Waals surface area contributed by atoms with Crippen LogP contribution >= 0.6 is 0 Å². The Morgan fingerprint density at radius 3 is 2.04 bits per heavy atom. The fourth-order valence-electron chi connectivity index (χ4n) is 2.72. The van der Waals surface area contributed by atoms with Gasteiger partial charge in [-0.05, 0) is 47.4 Å². The van der Waals surface area contributed by atoms with Crippen LogP contribution in [0.2, 0.25) is 0 Å². The van der Waals surface area contributed by atoms with Gasteiger partial charge in [-0.1, -0.05) is 48.5 Å². The Hall–Kier alpha value is -2.50. The van der Waals surface area contributed by atoms with E-state index >= 15 is 0 Å². The van der Waals surface area contributed by atoms with E-state index in [1.165, 1.54) is 12.1 Å². The number of benzene rings is 3. The van der Waals surface area contributed by atoms with Crippen molar-refractivity contribution in [2.45, 2.75) is 11.8 Å². The highest BCUT2D eigenvalue weighted by atomic mass is 32.2. The smallest absolute Gasteiger partial charge is 0.225 e. The molecule has 0 aliphatic carbocycles. The van der Waals surface area contributed by atoms with E-state index in [4.69, 9.17) is 5.14 Å². The summed E-state index contributed by atoms with van der Waals surface area (Å²) in [7, 11) is -3.86. The summed E-state index contributed by atoms with van der Waals surface area (Å²) in [6.07, 6.45) is 0. The molecular formula is C19H16FNO2S. The van der Waals surface area contributed by atoms with Crippen LogP contribution in [0.15, 0.2) is 71.6 Å². The van der Waals surface area contributed by atoms with Crippen molar-refractivity contribution < 1.29 is 12.8 Å². The summed E-state index contributed by atoms with van der Waals surface area (Å²) in [6, 6.07) is 18.8. The first kappa shape index (κ1) is 16.4. The molecule has 0 amide bonds. The molecule has 0 saturated heterocycles. The molecule has 0 spiro atoms. The van der Waals surface area contributed by atoms with Gasteiger partial charge >= 0.3 is 0 Å². The predicted octanol–water partition coefficient (Wildman–Crippen LogP) is 4.12. The largest absolute Gasteiger partial charge is 0.238 e. The lowest BCUT2D eigenvalue weighted by atomic mass is 9.94. The summed E-state index contributed by atoms with van der Waals surface area (Å²) < 4.78 is 37.4. The molecule has 0 saturated carbocycles. The zero-order chi connectivity index (χ0) is 17.3. The number of hydrogen-bond donors (Lipinski definition) is 1. The maximum atomic E-state index is 13.6. The second-order valence-corrected chi connectivity index (χ2v) is 7.08. The van der Waals surface area contributed by atoms with Crippen LogP contribution in [0.25, 0.3) is 22.3 Å². The van der Waals surface area contributed by atoms with E-state index in [0.29, 0.717) is 11.1 Å². The van der Waals surface area contributed by atoms with Gasteiger partial charge in [-0.3, -0.25) is 0 Å². The van der Waals surface area contributed by atoms with E-state index in [1.54, 1.807) is 37.3 Å². The second-order valence-electron chi connectivity index (χ2n) is 5.55. The van der Waals surface area contributed by atoms with E-state index in [0.717, 1.165) is 16.7 Å². The van der Waals surface area contributed by atoms with Gasteiger partial charge in [0.1, 0.15) is 5.82 Å². The summed E-state index contributed by atoms with van der Waals surface area (Å²) in [6.45, 7) is 1.69. The first-order chi connectivity index (χ1) is 11.4. The Morgan fingerprint density at radius 2 is 1.42 bits per heavy atom. The lowest BCUT2D eigenvalue weighted by Crippen LogP contribution is -2.13. The molecule has 0 atom stereocenters. The summed E-state index contributed by atoms with van der Waals surface area (Å²) in [4.78, 5) is 0.0660. The number of aryl methyl sites for hydroxylation is 1. The van der Waals surface area contributed by atoms with Crippen LogP contribution in [0.5, 0.6) is 0 Å². The highest BCUT2D eigenvalue weighted by Crippen LogP contribution is 2.35. The topological polar surface area (TPSA) is 60.2 Å². The molecule has 2 N–H and O–H groups in total. The van der Waals surface area contributed by atoms with E-state index in [1.807, 2.05) is 24.3 Å². The van der Waals surface area contributed by atoms with Crippen molar-refractivity contribution in [1.29, 1.82) is 0 Å². The molecule has 0 unspecified atom stereocenters. The third-order valence-electron chi connectivity index (χ3n) is 3.88. The van der Waals surface area contributed by atoms with E-state index in [9.17, 15) is 12.8 Å². The Kier molecular flexibility index (Phi) is 4.22. The molecule has 0 bridgehead atoms. The highest BCUT2D eigenvalue weighted by Gasteiger charge is 2.17. The fraction of sp³-hybridized carbons (Fsp3) is 0.0526. The van der Waals surface area contributed by atoms with Crippen LogP contribution in [-0.2, 0) is 10.0 Å². The monoisotopic (exact) mass is 341 g/mol. The summed E-state index contributed by atoms with van der Waals surface area (Å²) in [5.41, 5.74) is 3.41. The second kappa shape index (κ2) is 6.19. The van der Waals surface area contributed by atoms with E-state index < -0.39 is 10.0 Å². The third-order valence-corrected chi connectivity index (χ3v) is 4.85. The number of sulfonamides is 1. The summed E-state index contributed by atoms with van der Waals surface area (Å²) in [5, 5.41) is 5.35. The number of halogens is 1. The fourth-order valence-corrected chi connectivity index (χ4v) is 3.47.